The molecule has 1 aromatic rings. The fraction of sp³-hybridized carbons (Fsp3) is 0.333. The molecule has 1 amide bonds. The lowest BCUT2D eigenvalue weighted by Gasteiger charge is -2.11. The number of alkyl halides is 3. The van der Waals surface area contributed by atoms with Crippen molar-refractivity contribution >= 4 is 11.9 Å². The molecular weight excluding hydrogens is 263 g/mol. The number of ketones is 1. The smallest absolute Gasteiger partial charge is 0.417 e. The third kappa shape index (κ3) is 4.61. The van der Waals surface area contributed by atoms with Crippen LogP contribution >= 0.6 is 0 Å². The van der Waals surface area contributed by atoms with Crippen molar-refractivity contribution in [2.75, 3.05) is 6.61 Å². The van der Waals surface area contributed by atoms with Crippen LogP contribution in [-0.4, -0.2) is 18.5 Å². The largest absolute Gasteiger partial charge is 0.450 e. The molecule has 0 saturated carbocycles. The molecule has 0 spiro atoms. The summed E-state index contributed by atoms with van der Waals surface area (Å²) >= 11 is 0. The number of rotatable bonds is 5. The van der Waals surface area contributed by atoms with Gasteiger partial charge >= 0.3 is 12.3 Å². The number of primary amides is 1. The number of carbonyl (C=O) groups is 2. The van der Waals surface area contributed by atoms with Crippen molar-refractivity contribution in [1.82, 2.24) is 0 Å². The van der Waals surface area contributed by atoms with Crippen LogP contribution in [0.15, 0.2) is 24.3 Å². The molecule has 0 fully saturated rings. The summed E-state index contributed by atoms with van der Waals surface area (Å²) in [6.07, 6.45) is -5.59. The minimum absolute atomic E-state index is 0.102. The third-order valence-electron chi connectivity index (χ3n) is 2.33. The van der Waals surface area contributed by atoms with E-state index >= 15 is 0 Å². The highest BCUT2D eigenvalue weighted by Crippen LogP contribution is 2.32. The van der Waals surface area contributed by atoms with Crippen molar-refractivity contribution in [3.8, 4) is 0 Å². The Morgan fingerprint density at radius 1 is 1.21 bits per heavy atom. The van der Waals surface area contributed by atoms with Crippen LogP contribution in [-0.2, 0) is 10.9 Å². The molecule has 0 aliphatic rings. The fourth-order valence-corrected chi connectivity index (χ4v) is 1.51. The first-order chi connectivity index (χ1) is 8.82. The first kappa shape index (κ1) is 15.0. The van der Waals surface area contributed by atoms with E-state index in [9.17, 15) is 22.8 Å². The van der Waals surface area contributed by atoms with Crippen molar-refractivity contribution in [3.05, 3.63) is 35.4 Å². The van der Waals surface area contributed by atoms with E-state index in [-0.39, 0.29) is 25.0 Å². The van der Waals surface area contributed by atoms with Crippen LogP contribution in [0.5, 0.6) is 0 Å². The molecule has 104 valence electrons. The molecule has 0 heterocycles. The highest BCUT2D eigenvalue weighted by Gasteiger charge is 2.34. The number of hydrogen-bond acceptors (Lipinski definition) is 3. The Morgan fingerprint density at radius 2 is 1.84 bits per heavy atom. The lowest BCUT2D eigenvalue weighted by molar-refractivity contribution is -0.137. The zero-order valence-electron chi connectivity index (χ0n) is 9.87. The maximum atomic E-state index is 12.7. The van der Waals surface area contributed by atoms with Gasteiger partial charge in [0.2, 0.25) is 0 Å². The van der Waals surface area contributed by atoms with Crippen molar-refractivity contribution in [3.63, 3.8) is 0 Å². The van der Waals surface area contributed by atoms with Gasteiger partial charge in [0, 0.05) is 12.0 Å². The summed E-state index contributed by atoms with van der Waals surface area (Å²) in [4.78, 5) is 22.0. The zero-order valence-corrected chi connectivity index (χ0v) is 9.87. The predicted molar refractivity (Wildman–Crippen MR) is 60.5 cm³/mol. The van der Waals surface area contributed by atoms with E-state index < -0.39 is 23.6 Å². The van der Waals surface area contributed by atoms with Crippen LogP contribution in [0.25, 0.3) is 0 Å². The highest BCUT2D eigenvalue weighted by atomic mass is 19.4. The van der Waals surface area contributed by atoms with Gasteiger partial charge in [-0.1, -0.05) is 18.2 Å². The number of ether oxygens (including phenoxy) is 1. The zero-order chi connectivity index (χ0) is 14.5. The molecule has 0 aliphatic heterocycles. The van der Waals surface area contributed by atoms with E-state index in [1.807, 2.05) is 0 Å². The van der Waals surface area contributed by atoms with Gasteiger partial charge < -0.3 is 10.5 Å². The molecule has 0 unspecified atom stereocenters. The van der Waals surface area contributed by atoms with Crippen LogP contribution in [0, 0.1) is 0 Å². The van der Waals surface area contributed by atoms with Crippen LogP contribution < -0.4 is 5.73 Å². The van der Waals surface area contributed by atoms with Crippen molar-refractivity contribution in [2.45, 2.75) is 19.0 Å². The predicted octanol–water partition coefficient (Wildman–Crippen LogP) is 2.76. The SMILES string of the molecule is NC(=O)OCCCC(=O)c1ccccc1C(F)(F)F. The van der Waals surface area contributed by atoms with E-state index in [1.165, 1.54) is 12.1 Å². The van der Waals surface area contributed by atoms with E-state index in [0.717, 1.165) is 12.1 Å². The number of halogens is 3. The van der Waals surface area contributed by atoms with E-state index in [0.29, 0.717) is 0 Å². The van der Waals surface area contributed by atoms with Crippen molar-refractivity contribution in [1.29, 1.82) is 0 Å². The van der Waals surface area contributed by atoms with Gasteiger partial charge in [-0.15, -0.1) is 0 Å². The average molecular weight is 275 g/mol. The standard InChI is InChI=1S/C12H12F3NO3/c13-12(14,15)9-5-2-1-4-8(9)10(17)6-3-7-19-11(16)18/h1-2,4-5H,3,6-7H2,(H2,16,18). The number of carbonyl (C=O) groups excluding carboxylic acids is 2. The monoisotopic (exact) mass is 275 g/mol. The summed E-state index contributed by atoms with van der Waals surface area (Å²) in [6.45, 7) is -0.102. The molecule has 0 saturated heterocycles. The molecular formula is C12H12F3NO3. The molecule has 7 heteroatoms. The Balaban J connectivity index is 2.70. The van der Waals surface area contributed by atoms with Crippen LogP contribution in [0.4, 0.5) is 18.0 Å². The normalized spacial score (nSPS) is 11.1. The van der Waals surface area contributed by atoms with Gasteiger partial charge in [0.25, 0.3) is 0 Å². The average Bonchev–Trinajstić information content (AvgIpc) is 2.33. The van der Waals surface area contributed by atoms with Crippen LogP contribution in [0.2, 0.25) is 0 Å². The summed E-state index contributed by atoms with van der Waals surface area (Å²) in [5.41, 5.74) is 3.36. The lowest BCUT2D eigenvalue weighted by atomic mass is 10.0. The second-order valence-electron chi connectivity index (χ2n) is 3.74. The fourth-order valence-electron chi connectivity index (χ4n) is 1.51. The maximum Gasteiger partial charge on any atom is 0.417 e. The highest BCUT2D eigenvalue weighted by molar-refractivity contribution is 5.97. The molecule has 2 N–H and O–H groups in total. The van der Waals surface area contributed by atoms with Crippen molar-refractivity contribution < 1.29 is 27.5 Å². The molecule has 1 aromatic carbocycles. The quantitative estimate of drug-likeness (QED) is 0.663. The second kappa shape index (κ2) is 6.21. The van der Waals surface area contributed by atoms with Gasteiger partial charge in [-0.25, -0.2) is 4.79 Å². The Hall–Kier alpha value is -2.05. The minimum Gasteiger partial charge on any atom is -0.450 e. The van der Waals surface area contributed by atoms with E-state index in [1.54, 1.807) is 0 Å². The third-order valence-corrected chi connectivity index (χ3v) is 2.33. The molecule has 19 heavy (non-hydrogen) atoms. The van der Waals surface area contributed by atoms with Gasteiger partial charge in [0.05, 0.1) is 12.2 Å². The molecule has 0 aromatic heterocycles. The molecule has 4 nitrogen and oxygen atoms in total. The lowest BCUT2D eigenvalue weighted by Crippen LogP contribution is -2.15. The Kier molecular flexibility index (Phi) is 4.91. The Morgan fingerprint density at radius 3 is 2.42 bits per heavy atom. The number of benzene rings is 1. The minimum atomic E-state index is -4.57. The summed E-state index contributed by atoms with van der Waals surface area (Å²) < 4.78 is 42.4. The van der Waals surface area contributed by atoms with Crippen LogP contribution in [0.3, 0.4) is 0 Å². The van der Waals surface area contributed by atoms with Crippen molar-refractivity contribution in [2.24, 2.45) is 5.73 Å². The van der Waals surface area contributed by atoms with Gasteiger partial charge in [-0.3, -0.25) is 4.79 Å². The first-order valence-corrected chi connectivity index (χ1v) is 5.44. The summed E-state index contributed by atoms with van der Waals surface area (Å²) in [6, 6.07) is 4.56. The molecule has 0 atom stereocenters. The maximum absolute atomic E-state index is 12.7. The summed E-state index contributed by atoms with van der Waals surface area (Å²) in [5.74, 6) is -0.652. The van der Waals surface area contributed by atoms with Gasteiger partial charge in [-0.2, -0.15) is 13.2 Å². The summed E-state index contributed by atoms with van der Waals surface area (Å²) in [5, 5.41) is 0. The number of nitrogens with two attached hydrogens (primary N) is 1. The van der Waals surface area contributed by atoms with Gasteiger partial charge in [0.1, 0.15) is 0 Å². The van der Waals surface area contributed by atoms with Gasteiger partial charge in [-0.05, 0) is 12.5 Å². The number of Topliss-reactive ketones (excluding diaryl/α,β-unsaturated/α-hetero) is 1. The number of hydrogen-bond donors (Lipinski definition) is 1. The van der Waals surface area contributed by atoms with Gasteiger partial charge in [0.15, 0.2) is 5.78 Å². The van der Waals surface area contributed by atoms with E-state index in [2.05, 4.69) is 4.74 Å². The second-order valence-corrected chi connectivity index (χ2v) is 3.74. The Labute approximate surface area is 107 Å². The topological polar surface area (TPSA) is 69.4 Å². The summed E-state index contributed by atoms with van der Waals surface area (Å²) in [7, 11) is 0. The number of amides is 1. The van der Waals surface area contributed by atoms with E-state index in [4.69, 9.17) is 5.73 Å². The molecule has 0 bridgehead atoms. The first-order valence-electron chi connectivity index (χ1n) is 5.44. The Bertz CT molecular complexity index is 472. The molecule has 0 radical (unpaired) electrons. The van der Waals surface area contributed by atoms with Crippen LogP contribution in [0.1, 0.15) is 28.8 Å². The molecule has 1 rings (SSSR count). The molecule has 0 aliphatic carbocycles.